The molecule has 4 atom stereocenters. The lowest BCUT2D eigenvalue weighted by Crippen LogP contribution is -2.29. The predicted molar refractivity (Wildman–Crippen MR) is 87.7 cm³/mol. The molecule has 0 aromatic rings. The molecule has 2 rings (SSSR count). The molecular formula is C17H26O3S. The zero-order chi connectivity index (χ0) is 15.1. The maximum absolute atomic E-state index is 10.4. The largest absolute Gasteiger partial charge is 0.481 e. The molecule has 1 N–H and O–H groups in total. The van der Waals surface area contributed by atoms with Gasteiger partial charge in [-0.3, -0.25) is 4.79 Å². The molecule has 2 saturated heterocycles. The van der Waals surface area contributed by atoms with E-state index in [4.69, 9.17) is 9.84 Å². The molecule has 2 heterocycles. The van der Waals surface area contributed by atoms with Crippen LogP contribution in [-0.2, 0) is 9.53 Å². The Morgan fingerprint density at radius 2 is 2.10 bits per heavy atom. The number of unbranched alkanes of at least 4 members (excludes halogenated alkanes) is 1. The summed E-state index contributed by atoms with van der Waals surface area (Å²) >= 11 is 2.03. The van der Waals surface area contributed by atoms with E-state index in [0.29, 0.717) is 23.4 Å². The van der Waals surface area contributed by atoms with Gasteiger partial charge in [-0.1, -0.05) is 24.3 Å². The quantitative estimate of drug-likeness (QED) is 0.515. The van der Waals surface area contributed by atoms with Crippen LogP contribution < -0.4 is 0 Å². The fourth-order valence-electron chi connectivity index (χ4n) is 3.26. The Balaban J connectivity index is 1.74. The van der Waals surface area contributed by atoms with Crippen LogP contribution in [0.1, 0.15) is 45.4 Å². The predicted octanol–water partition coefficient (Wildman–Crippen LogP) is 4.04. The molecule has 0 spiro atoms. The highest BCUT2D eigenvalue weighted by Gasteiger charge is 2.48. The van der Waals surface area contributed by atoms with Crippen molar-refractivity contribution in [2.24, 2.45) is 5.92 Å². The number of hydrogen-bond donors (Lipinski definition) is 1. The number of rotatable bonds is 9. The highest BCUT2D eigenvalue weighted by Crippen LogP contribution is 2.46. The molecule has 2 bridgehead atoms. The van der Waals surface area contributed by atoms with Gasteiger partial charge in [0.2, 0.25) is 0 Å². The van der Waals surface area contributed by atoms with Crippen molar-refractivity contribution in [2.45, 2.75) is 62.9 Å². The summed E-state index contributed by atoms with van der Waals surface area (Å²) in [6, 6.07) is 0. The Labute approximate surface area is 131 Å². The lowest BCUT2D eigenvalue weighted by Gasteiger charge is -2.26. The zero-order valence-corrected chi connectivity index (χ0v) is 13.6. The summed E-state index contributed by atoms with van der Waals surface area (Å²) in [4.78, 5) is 10.4. The minimum absolute atomic E-state index is 0.267. The lowest BCUT2D eigenvalue weighted by molar-refractivity contribution is -0.137. The molecular weight excluding hydrogens is 284 g/mol. The average molecular weight is 310 g/mol. The molecule has 118 valence electrons. The van der Waals surface area contributed by atoms with Crippen LogP contribution in [0.2, 0.25) is 0 Å². The van der Waals surface area contributed by atoms with Crippen molar-refractivity contribution in [3.8, 4) is 0 Å². The number of carboxylic acids is 1. The first-order chi connectivity index (χ1) is 10.2. The van der Waals surface area contributed by atoms with Crippen LogP contribution in [0.4, 0.5) is 0 Å². The van der Waals surface area contributed by atoms with E-state index in [1.807, 2.05) is 11.8 Å². The second-order valence-electron chi connectivity index (χ2n) is 5.81. The smallest absolute Gasteiger partial charge is 0.303 e. The maximum Gasteiger partial charge on any atom is 0.303 e. The minimum atomic E-state index is -0.703. The molecule has 2 fully saturated rings. The van der Waals surface area contributed by atoms with E-state index in [-0.39, 0.29) is 6.42 Å². The second-order valence-corrected chi connectivity index (χ2v) is 7.03. The van der Waals surface area contributed by atoms with Crippen molar-refractivity contribution in [1.29, 1.82) is 0 Å². The van der Waals surface area contributed by atoms with Crippen molar-refractivity contribution in [3.05, 3.63) is 24.3 Å². The standard InChI is InChI=1S/C17H26O3S/c1-2-3-12-21-17-13(14-10-11-15(17)20-14)8-6-4-5-7-9-16(18)19/h2-4,6,13-15,17H,5,7-12H2,1H3,(H,18,19)/b3-2?,6-4-/t13-,14+,15-,17-/m0/s1. The van der Waals surface area contributed by atoms with Crippen LogP contribution >= 0.6 is 11.8 Å². The molecule has 0 aliphatic carbocycles. The molecule has 4 heteroatoms. The molecule has 2 aliphatic rings. The number of hydrogen-bond acceptors (Lipinski definition) is 3. The van der Waals surface area contributed by atoms with E-state index in [9.17, 15) is 4.79 Å². The Kier molecular flexibility index (Phi) is 6.84. The number of aliphatic carboxylic acids is 1. The fourth-order valence-corrected chi connectivity index (χ4v) is 4.73. The van der Waals surface area contributed by atoms with Gasteiger partial charge in [-0.15, -0.1) is 0 Å². The first-order valence-corrected chi connectivity index (χ1v) is 9.02. The maximum atomic E-state index is 10.4. The van der Waals surface area contributed by atoms with Gasteiger partial charge in [0, 0.05) is 23.3 Å². The van der Waals surface area contributed by atoms with Gasteiger partial charge in [0.15, 0.2) is 0 Å². The van der Waals surface area contributed by atoms with Gasteiger partial charge in [0.1, 0.15) is 0 Å². The van der Waals surface area contributed by atoms with Gasteiger partial charge in [-0.05, 0) is 39.0 Å². The minimum Gasteiger partial charge on any atom is -0.481 e. The van der Waals surface area contributed by atoms with Crippen LogP contribution in [0.3, 0.4) is 0 Å². The second kappa shape index (κ2) is 8.64. The van der Waals surface area contributed by atoms with Crippen molar-refractivity contribution < 1.29 is 14.6 Å². The zero-order valence-electron chi connectivity index (χ0n) is 12.7. The summed E-state index contributed by atoms with van der Waals surface area (Å²) in [6.45, 7) is 2.06. The monoisotopic (exact) mass is 310 g/mol. The third-order valence-electron chi connectivity index (χ3n) is 4.31. The summed E-state index contributed by atoms with van der Waals surface area (Å²) in [5.74, 6) is 1.01. The van der Waals surface area contributed by atoms with Gasteiger partial charge >= 0.3 is 5.97 Å². The van der Waals surface area contributed by atoms with Crippen molar-refractivity contribution in [3.63, 3.8) is 0 Å². The van der Waals surface area contributed by atoms with Crippen LogP contribution in [0.15, 0.2) is 24.3 Å². The molecule has 0 amide bonds. The summed E-state index contributed by atoms with van der Waals surface area (Å²) in [5.41, 5.74) is 0. The fraction of sp³-hybridized carbons (Fsp3) is 0.706. The first kappa shape index (κ1) is 16.6. The molecule has 3 nitrogen and oxygen atoms in total. The van der Waals surface area contributed by atoms with Crippen LogP contribution in [-0.4, -0.2) is 34.3 Å². The Morgan fingerprint density at radius 1 is 1.29 bits per heavy atom. The molecule has 0 saturated carbocycles. The third-order valence-corrected chi connectivity index (χ3v) is 5.73. The van der Waals surface area contributed by atoms with E-state index in [1.165, 1.54) is 12.8 Å². The van der Waals surface area contributed by atoms with Crippen LogP contribution in [0, 0.1) is 5.92 Å². The highest BCUT2D eigenvalue weighted by molar-refractivity contribution is 8.00. The van der Waals surface area contributed by atoms with E-state index < -0.39 is 5.97 Å². The van der Waals surface area contributed by atoms with Crippen molar-refractivity contribution in [2.75, 3.05) is 5.75 Å². The SMILES string of the molecule is CC=CCS[C@H]1[C@@H](C/C=C\CCCC(=O)O)[C@H]2CC[C@@H]1O2. The van der Waals surface area contributed by atoms with Gasteiger partial charge in [0.05, 0.1) is 12.2 Å². The van der Waals surface area contributed by atoms with E-state index in [0.717, 1.165) is 25.0 Å². The summed E-state index contributed by atoms with van der Waals surface area (Å²) in [6.07, 6.45) is 15.0. The van der Waals surface area contributed by atoms with Gasteiger partial charge < -0.3 is 9.84 Å². The van der Waals surface area contributed by atoms with E-state index >= 15 is 0 Å². The number of thioether (sulfide) groups is 1. The Hall–Kier alpha value is -0.740. The number of carboxylic acid groups (broad SMARTS) is 1. The third kappa shape index (κ3) is 4.89. The number of carbonyl (C=O) groups is 1. The summed E-state index contributed by atoms with van der Waals surface area (Å²) < 4.78 is 6.08. The Morgan fingerprint density at radius 3 is 2.86 bits per heavy atom. The van der Waals surface area contributed by atoms with E-state index in [2.05, 4.69) is 31.2 Å². The molecule has 2 aliphatic heterocycles. The van der Waals surface area contributed by atoms with Gasteiger partial charge in [0.25, 0.3) is 0 Å². The highest BCUT2D eigenvalue weighted by atomic mass is 32.2. The number of ether oxygens (including phenoxy) is 1. The van der Waals surface area contributed by atoms with Crippen LogP contribution in [0.25, 0.3) is 0 Å². The van der Waals surface area contributed by atoms with E-state index in [1.54, 1.807) is 0 Å². The average Bonchev–Trinajstić information content (AvgIpc) is 3.04. The summed E-state index contributed by atoms with van der Waals surface area (Å²) in [7, 11) is 0. The summed E-state index contributed by atoms with van der Waals surface area (Å²) in [5, 5.41) is 9.23. The lowest BCUT2D eigenvalue weighted by atomic mass is 9.86. The van der Waals surface area contributed by atoms with Crippen LogP contribution in [0.5, 0.6) is 0 Å². The molecule has 0 aromatic carbocycles. The molecule has 0 radical (unpaired) electrons. The molecule has 0 aromatic heterocycles. The van der Waals surface area contributed by atoms with Crippen molar-refractivity contribution in [1.82, 2.24) is 0 Å². The van der Waals surface area contributed by atoms with Crippen molar-refractivity contribution >= 4 is 17.7 Å². The topological polar surface area (TPSA) is 46.5 Å². The normalized spacial score (nSPS) is 31.7. The number of fused-ring (bicyclic) bond motifs is 2. The van der Waals surface area contributed by atoms with Gasteiger partial charge in [-0.25, -0.2) is 0 Å². The number of allylic oxidation sites excluding steroid dienone is 3. The Bertz CT molecular complexity index is 391. The molecule has 0 unspecified atom stereocenters. The first-order valence-electron chi connectivity index (χ1n) is 7.97. The molecule has 21 heavy (non-hydrogen) atoms. The van der Waals surface area contributed by atoms with Gasteiger partial charge in [-0.2, -0.15) is 11.8 Å².